The van der Waals surface area contributed by atoms with Crippen LogP contribution in [0.15, 0.2) is 48.5 Å². The Kier molecular flexibility index (Phi) is 12.2. The molecule has 0 aromatic heterocycles. The van der Waals surface area contributed by atoms with E-state index in [9.17, 15) is 19.2 Å². The van der Waals surface area contributed by atoms with Gasteiger partial charge >= 0.3 is 24.2 Å². The van der Waals surface area contributed by atoms with Crippen molar-refractivity contribution in [3.8, 4) is 11.5 Å². The molecule has 0 aliphatic heterocycles. The Morgan fingerprint density at radius 3 is 1.37 bits per heavy atom. The SMILES string of the molecule is CCC(C)OC(=O)OCOc1ccccc1C(=O)OOC(=O)c1ccccc1OCOC(=O)OC(C)CC. The summed E-state index contributed by atoms with van der Waals surface area (Å²) in [5.74, 6) is -2.08. The highest BCUT2D eigenvalue weighted by Gasteiger charge is 2.21. The lowest BCUT2D eigenvalue weighted by Gasteiger charge is -2.13. The molecule has 38 heavy (non-hydrogen) atoms. The van der Waals surface area contributed by atoms with Crippen molar-refractivity contribution in [1.82, 2.24) is 0 Å². The normalized spacial score (nSPS) is 11.8. The number of hydrogen-bond acceptors (Lipinski definition) is 12. The zero-order valence-electron chi connectivity index (χ0n) is 21.5. The Morgan fingerprint density at radius 2 is 1.00 bits per heavy atom. The van der Waals surface area contributed by atoms with Gasteiger partial charge in [0, 0.05) is 0 Å². The number of ether oxygens (including phenoxy) is 6. The summed E-state index contributed by atoms with van der Waals surface area (Å²) in [6.45, 7) is 6.04. The maximum atomic E-state index is 12.5. The monoisotopic (exact) mass is 534 g/mol. The number of para-hydroxylation sites is 2. The first kappa shape index (κ1) is 29.7. The van der Waals surface area contributed by atoms with Crippen LogP contribution in [0.2, 0.25) is 0 Å². The van der Waals surface area contributed by atoms with Gasteiger partial charge < -0.3 is 28.4 Å². The van der Waals surface area contributed by atoms with Gasteiger partial charge in [0.25, 0.3) is 0 Å². The molecule has 2 atom stereocenters. The summed E-state index contributed by atoms with van der Waals surface area (Å²) in [5, 5.41) is 0. The predicted octanol–water partition coefficient (Wildman–Crippen LogP) is 5.19. The highest BCUT2D eigenvalue weighted by molar-refractivity contribution is 5.95. The second-order valence-electron chi connectivity index (χ2n) is 7.72. The average Bonchev–Trinajstić information content (AvgIpc) is 2.91. The van der Waals surface area contributed by atoms with Gasteiger partial charge in [0.15, 0.2) is 0 Å². The van der Waals surface area contributed by atoms with Crippen molar-refractivity contribution in [3.05, 3.63) is 59.7 Å². The van der Waals surface area contributed by atoms with Crippen LogP contribution in [0.3, 0.4) is 0 Å². The summed E-state index contributed by atoms with van der Waals surface area (Å²) in [4.78, 5) is 57.6. The van der Waals surface area contributed by atoms with Gasteiger partial charge in [-0.25, -0.2) is 29.0 Å². The van der Waals surface area contributed by atoms with E-state index in [2.05, 4.69) is 9.78 Å². The lowest BCUT2D eigenvalue weighted by molar-refractivity contribution is -0.187. The molecule has 0 spiro atoms. The molecule has 206 valence electrons. The van der Waals surface area contributed by atoms with Crippen molar-refractivity contribution in [3.63, 3.8) is 0 Å². The molecule has 2 rings (SSSR count). The van der Waals surface area contributed by atoms with Crippen LogP contribution in [0.25, 0.3) is 0 Å². The maximum Gasteiger partial charge on any atom is 0.511 e. The van der Waals surface area contributed by atoms with Crippen molar-refractivity contribution in [2.45, 2.75) is 52.7 Å². The second kappa shape index (κ2) is 15.6. The summed E-state index contributed by atoms with van der Waals surface area (Å²) in [6.07, 6.45) is -1.28. The van der Waals surface area contributed by atoms with Gasteiger partial charge in [-0.05, 0) is 51.0 Å². The van der Waals surface area contributed by atoms with E-state index in [1.807, 2.05) is 13.8 Å². The molecule has 2 aromatic carbocycles. The zero-order chi connectivity index (χ0) is 27.9. The standard InChI is InChI=1S/C26H30O12/c1-5-17(3)35-25(29)33-15-31-21-13-9-7-11-19(21)23(27)37-38-24(28)20-12-8-10-14-22(20)32-16-34-26(30)36-18(4)6-2/h7-14,17-18H,5-6,15-16H2,1-4H3. The molecular weight excluding hydrogens is 504 g/mol. The third-order valence-corrected chi connectivity index (χ3v) is 4.93. The molecule has 0 radical (unpaired) electrons. The van der Waals surface area contributed by atoms with Gasteiger partial charge in [0.1, 0.15) is 34.8 Å². The quantitative estimate of drug-likeness (QED) is 0.153. The Balaban J connectivity index is 1.91. The molecular formula is C26H30O12. The van der Waals surface area contributed by atoms with Crippen molar-refractivity contribution >= 4 is 24.2 Å². The van der Waals surface area contributed by atoms with E-state index in [0.29, 0.717) is 12.8 Å². The Bertz CT molecular complexity index is 998. The van der Waals surface area contributed by atoms with Crippen LogP contribution < -0.4 is 9.47 Å². The Hall–Kier alpha value is -4.48. The van der Waals surface area contributed by atoms with Gasteiger partial charge in [-0.15, -0.1) is 0 Å². The van der Waals surface area contributed by atoms with Gasteiger partial charge in [-0.2, -0.15) is 0 Å². The number of carbonyl (C=O) groups is 4. The van der Waals surface area contributed by atoms with Crippen LogP contribution in [-0.4, -0.2) is 50.0 Å². The molecule has 12 nitrogen and oxygen atoms in total. The van der Waals surface area contributed by atoms with Crippen molar-refractivity contribution in [1.29, 1.82) is 0 Å². The van der Waals surface area contributed by atoms with E-state index in [0.717, 1.165) is 0 Å². The highest BCUT2D eigenvalue weighted by Crippen LogP contribution is 2.22. The number of rotatable bonds is 12. The van der Waals surface area contributed by atoms with E-state index < -0.39 is 37.8 Å². The predicted molar refractivity (Wildman–Crippen MR) is 129 cm³/mol. The molecule has 0 aliphatic rings. The summed E-state index contributed by atoms with van der Waals surface area (Å²) >= 11 is 0. The number of hydrogen-bond donors (Lipinski definition) is 0. The van der Waals surface area contributed by atoms with Crippen LogP contribution in [0.5, 0.6) is 11.5 Å². The minimum absolute atomic E-state index is 0.00930. The molecule has 0 amide bonds. The van der Waals surface area contributed by atoms with Gasteiger partial charge in [0.05, 0.1) is 0 Å². The van der Waals surface area contributed by atoms with E-state index in [4.69, 9.17) is 28.4 Å². The molecule has 0 N–H and O–H groups in total. The van der Waals surface area contributed by atoms with E-state index in [1.54, 1.807) is 26.0 Å². The minimum Gasteiger partial charge on any atom is -0.456 e. The zero-order valence-corrected chi connectivity index (χ0v) is 21.5. The average molecular weight is 535 g/mol. The summed E-state index contributed by atoms with van der Waals surface area (Å²) in [5.41, 5.74) is -0.200. The largest absolute Gasteiger partial charge is 0.511 e. The van der Waals surface area contributed by atoms with Crippen LogP contribution >= 0.6 is 0 Å². The summed E-state index contributed by atoms with van der Waals surface area (Å²) in [6, 6.07) is 11.8. The Labute approximate surface area is 219 Å². The fraction of sp³-hybridized carbons (Fsp3) is 0.385. The first-order valence-corrected chi connectivity index (χ1v) is 11.8. The second-order valence-corrected chi connectivity index (χ2v) is 7.72. The van der Waals surface area contributed by atoms with Crippen LogP contribution in [0.1, 0.15) is 61.3 Å². The van der Waals surface area contributed by atoms with E-state index >= 15 is 0 Å². The smallest absolute Gasteiger partial charge is 0.456 e. The molecule has 0 aliphatic carbocycles. The number of carbonyl (C=O) groups excluding carboxylic acids is 4. The molecule has 12 heteroatoms. The fourth-order valence-corrected chi connectivity index (χ4v) is 2.53. The summed E-state index contributed by atoms with van der Waals surface area (Å²) in [7, 11) is 0. The van der Waals surface area contributed by atoms with Crippen molar-refractivity contribution in [2.75, 3.05) is 13.6 Å². The van der Waals surface area contributed by atoms with E-state index in [1.165, 1.54) is 36.4 Å². The van der Waals surface area contributed by atoms with Gasteiger partial charge in [-0.1, -0.05) is 38.1 Å². The van der Waals surface area contributed by atoms with Crippen LogP contribution in [0.4, 0.5) is 9.59 Å². The first-order valence-electron chi connectivity index (χ1n) is 11.8. The summed E-state index contributed by atoms with van der Waals surface area (Å²) < 4.78 is 30.2. The minimum atomic E-state index is -1.05. The van der Waals surface area contributed by atoms with Gasteiger partial charge in [0.2, 0.25) is 13.6 Å². The maximum absolute atomic E-state index is 12.5. The third kappa shape index (κ3) is 9.88. The third-order valence-electron chi connectivity index (χ3n) is 4.93. The molecule has 2 aromatic rings. The van der Waals surface area contributed by atoms with Crippen molar-refractivity contribution < 1.29 is 57.4 Å². The first-order chi connectivity index (χ1) is 18.2. The van der Waals surface area contributed by atoms with Crippen LogP contribution in [0, 0.1) is 0 Å². The highest BCUT2D eigenvalue weighted by atomic mass is 17.2. The molecule has 2 unspecified atom stereocenters. The van der Waals surface area contributed by atoms with E-state index in [-0.39, 0.29) is 34.8 Å². The van der Waals surface area contributed by atoms with Gasteiger partial charge in [-0.3, -0.25) is 0 Å². The molecule has 0 fully saturated rings. The Morgan fingerprint density at radius 1 is 0.632 bits per heavy atom. The lowest BCUT2D eigenvalue weighted by atomic mass is 10.2. The number of benzene rings is 2. The molecule has 0 saturated heterocycles. The molecule has 0 saturated carbocycles. The molecule has 0 heterocycles. The lowest BCUT2D eigenvalue weighted by Crippen LogP contribution is -2.19. The van der Waals surface area contributed by atoms with Crippen molar-refractivity contribution in [2.24, 2.45) is 0 Å². The topological polar surface area (TPSA) is 142 Å². The molecule has 0 bridgehead atoms. The fourth-order valence-electron chi connectivity index (χ4n) is 2.53. The van der Waals surface area contributed by atoms with Crippen LogP contribution in [-0.2, 0) is 28.7 Å².